The molecular weight excluding hydrogens is 635 g/mol. The van der Waals surface area contributed by atoms with Crippen LogP contribution in [0.4, 0.5) is 0 Å². The third kappa shape index (κ3) is 9.22. The standard InChI is InChI=1S/2C18H15P.K.Ru.H/c2*1-4-10-16(11-5-1)19(17-12-6-2-7-13-17)18-14-8-3-9-15-18;;;/h2*1-15H;;;. The van der Waals surface area contributed by atoms with Gasteiger partial charge in [0.1, 0.15) is 0 Å². The molecular formula is C36H31KP2Ru. The zero-order valence-corrected chi connectivity index (χ0v) is 25.1. The summed E-state index contributed by atoms with van der Waals surface area (Å²) in [5.74, 6) is 0. The molecule has 0 fully saturated rings. The van der Waals surface area contributed by atoms with E-state index in [0.717, 1.165) is 0 Å². The van der Waals surface area contributed by atoms with Crippen molar-refractivity contribution in [3.8, 4) is 0 Å². The normalized spacial score (nSPS) is 10.1. The van der Waals surface area contributed by atoms with Gasteiger partial charge in [-0.25, -0.2) is 0 Å². The maximum atomic E-state index is 2.23. The molecule has 0 saturated carbocycles. The quantitative estimate of drug-likeness (QED) is 0.146. The molecule has 40 heavy (non-hydrogen) atoms. The van der Waals surface area contributed by atoms with Crippen LogP contribution in [0.1, 0.15) is 0 Å². The Hall–Kier alpha value is -1.56. The zero-order chi connectivity index (χ0) is 25.8. The summed E-state index contributed by atoms with van der Waals surface area (Å²) in [4.78, 5) is 0. The van der Waals surface area contributed by atoms with Crippen LogP contribution in [-0.2, 0) is 19.5 Å². The van der Waals surface area contributed by atoms with E-state index < -0.39 is 15.8 Å². The molecule has 0 amide bonds. The van der Waals surface area contributed by atoms with E-state index in [2.05, 4.69) is 182 Å². The molecule has 0 unspecified atom stereocenters. The van der Waals surface area contributed by atoms with Crippen LogP contribution in [-0.4, -0.2) is 51.4 Å². The third-order valence-electron chi connectivity index (χ3n) is 6.09. The minimum Gasteiger partial charge on any atom is -0.0622 e. The second kappa shape index (κ2) is 18.1. The Labute approximate surface area is 297 Å². The van der Waals surface area contributed by atoms with Gasteiger partial charge in [0.15, 0.2) is 0 Å². The van der Waals surface area contributed by atoms with Gasteiger partial charge >= 0.3 is 51.4 Å². The van der Waals surface area contributed by atoms with Crippen molar-refractivity contribution in [2.75, 3.05) is 0 Å². The first-order chi connectivity index (χ1) is 18.9. The summed E-state index contributed by atoms with van der Waals surface area (Å²) in [6.45, 7) is 0. The van der Waals surface area contributed by atoms with Gasteiger partial charge in [-0.2, -0.15) is 0 Å². The molecule has 0 radical (unpaired) electrons. The van der Waals surface area contributed by atoms with Crippen LogP contribution < -0.4 is 31.8 Å². The van der Waals surface area contributed by atoms with Gasteiger partial charge in [-0.3, -0.25) is 0 Å². The summed E-state index contributed by atoms with van der Waals surface area (Å²) in [6, 6.07) is 64.7. The topological polar surface area (TPSA) is 0 Å². The van der Waals surface area contributed by atoms with Crippen molar-refractivity contribution in [1.82, 2.24) is 0 Å². The summed E-state index contributed by atoms with van der Waals surface area (Å²) in [7, 11) is -0.892. The summed E-state index contributed by atoms with van der Waals surface area (Å²) < 4.78 is 0. The van der Waals surface area contributed by atoms with Gasteiger partial charge in [0.05, 0.1) is 0 Å². The van der Waals surface area contributed by atoms with Crippen molar-refractivity contribution in [3.63, 3.8) is 0 Å². The van der Waals surface area contributed by atoms with Gasteiger partial charge in [-0.05, 0) is 47.7 Å². The number of rotatable bonds is 6. The molecule has 0 spiro atoms. The van der Waals surface area contributed by atoms with Crippen LogP contribution in [0.15, 0.2) is 182 Å². The van der Waals surface area contributed by atoms with Gasteiger partial charge in [0.25, 0.3) is 0 Å². The minimum atomic E-state index is -0.446. The molecule has 0 aliphatic rings. The van der Waals surface area contributed by atoms with E-state index in [1.54, 1.807) is 0 Å². The molecule has 0 bridgehead atoms. The predicted octanol–water partition coefficient (Wildman–Crippen LogP) is 6.24. The van der Waals surface area contributed by atoms with E-state index in [9.17, 15) is 0 Å². The van der Waals surface area contributed by atoms with E-state index in [-0.39, 0.29) is 70.9 Å². The Balaban J connectivity index is 0.000000210. The van der Waals surface area contributed by atoms with E-state index in [1.165, 1.54) is 31.8 Å². The molecule has 6 rings (SSSR count). The van der Waals surface area contributed by atoms with Crippen molar-refractivity contribution >= 4 is 99.1 Å². The first-order valence-electron chi connectivity index (χ1n) is 12.8. The van der Waals surface area contributed by atoms with Crippen LogP contribution >= 0.6 is 15.8 Å². The molecule has 0 atom stereocenters. The average Bonchev–Trinajstić information content (AvgIpc) is 3.01. The fourth-order valence-electron chi connectivity index (χ4n) is 4.36. The summed E-state index contributed by atoms with van der Waals surface area (Å²) in [6.07, 6.45) is 0. The molecule has 0 nitrogen and oxygen atoms in total. The van der Waals surface area contributed by atoms with E-state index in [1.807, 2.05) is 0 Å². The molecule has 0 aliphatic heterocycles. The van der Waals surface area contributed by atoms with Crippen LogP contribution in [0.2, 0.25) is 0 Å². The van der Waals surface area contributed by atoms with Gasteiger partial charge in [0.2, 0.25) is 0 Å². The summed E-state index contributed by atoms with van der Waals surface area (Å²) in [5, 5.41) is 8.39. The predicted molar refractivity (Wildman–Crippen MR) is 177 cm³/mol. The minimum absolute atomic E-state index is 0. The molecule has 0 aromatic heterocycles. The Kier molecular flexibility index (Phi) is 14.9. The van der Waals surface area contributed by atoms with Crippen molar-refractivity contribution in [3.05, 3.63) is 182 Å². The SMILES string of the molecule is [KH].[Ru].c1ccc(P(c2ccccc2)c2ccccc2)cc1.c1ccc(P(c2ccccc2)c2ccccc2)cc1. The van der Waals surface area contributed by atoms with Crippen LogP contribution in [0, 0.1) is 0 Å². The monoisotopic (exact) mass is 666 g/mol. The second-order valence-electron chi connectivity index (χ2n) is 8.68. The second-order valence-corrected chi connectivity index (χ2v) is 13.1. The Morgan fingerprint density at radius 2 is 0.350 bits per heavy atom. The van der Waals surface area contributed by atoms with Crippen molar-refractivity contribution in [2.24, 2.45) is 0 Å². The molecule has 0 aliphatic carbocycles. The fraction of sp³-hybridized carbons (Fsp3) is 0. The molecule has 0 heterocycles. The maximum absolute atomic E-state index is 2.23. The maximum Gasteiger partial charge on any atom is 0 e. The summed E-state index contributed by atoms with van der Waals surface area (Å²) in [5.41, 5.74) is 0. The molecule has 194 valence electrons. The van der Waals surface area contributed by atoms with Crippen LogP contribution in [0.3, 0.4) is 0 Å². The number of benzene rings is 6. The third-order valence-corrected chi connectivity index (χ3v) is 11.0. The van der Waals surface area contributed by atoms with E-state index in [4.69, 9.17) is 0 Å². The molecule has 6 aromatic rings. The number of hydrogen-bond donors (Lipinski definition) is 0. The first kappa shape index (κ1) is 32.9. The van der Waals surface area contributed by atoms with Crippen molar-refractivity contribution in [2.45, 2.75) is 0 Å². The fourth-order valence-corrected chi connectivity index (χ4v) is 8.97. The number of hydrogen-bond acceptors (Lipinski definition) is 0. The smallest absolute Gasteiger partial charge is 0 e. The molecule has 0 saturated heterocycles. The van der Waals surface area contributed by atoms with Gasteiger partial charge in [0, 0.05) is 19.5 Å². The van der Waals surface area contributed by atoms with Crippen LogP contribution in [0.25, 0.3) is 0 Å². The molecule has 6 aromatic carbocycles. The average molecular weight is 666 g/mol. The first-order valence-corrected chi connectivity index (χ1v) is 15.5. The molecule has 4 heteroatoms. The van der Waals surface area contributed by atoms with Crippen LogP contribution in [0.5, 0.6) is 0 Å². The summed E-state index contributed by atoms with van der Waals surface area (Å²) >= 11 is 0. The Morgan fingerprint density at radius 3 is 0.475 bits per heavy atom. The zero-order valence-electron chi connectivity index (χ0n) is 21.6. The van der Waals surface area contributed by atoms with Crippen molar-refractivity contribution < 1.29 is 19.5 Å². The Morgan fingerprint density at radius 1 is 0.225 bits per heavy atom. The van der Waals surface area contributed by atoms with Gasteiger partial charge in [-0.15, -0.1) is 0 Å². The van der Waals surface area contributed by atoms with Gasteiger partial charge in [-0.1, -0.05) is 182 Å². The van der Waals surface area contributed by atoms with Crippen molar-refractivity contribution in [1.29, 1.82) is 0 Å². The van der Waals surface area contributed by atoms with E-state index in [0.29, 0.717) is 0 Å². The van der Waals surface area contributed by atoms with E-state index >= 15 is 0 Å². The molecule has 0 N–H and O–H groups in total. The Bertz CT molecular complexity index is 1180. The largest absolute Gasteiger partial charge is 0.0622 e. The van der Waals surface area contributed by atoms with Gasteiger partial charge < -0.3 is 0 Å².